The standard InChI is InChI=1S/C33H42N2O4/c1-21(2)19-29-28(20-34-32(37)39-33(5,6)7)30(25-15-13-22(3)14-16-25)26(23(4)35-29)18-17-24-11-9-10-12-27(24)31(36)38-8/h9-16,21H,17-20H2,1-8H3,(H,34,37). The maximum atomic E-state index is 12.7. The van der Waals surface area contributed by atoms with E-state index in [0.29, 0.717) is 30.9 Å². The van der Waals surface area contributed by atoms with E-state index in [2.05, 4.69) is 50.4 Å². The van der Waals surface area contributed by atoms with E-state index < -0.39 is 11.7 Å². The molecule has 0 aliphatic rings. The molecular formula is C33H42N2O4. The highest BCUT2D eigenvalue weighted by Gasteiger charge is 2.23. The number of carbonyl (C=O) groups is 2. The average Bonchev–Trinajstić information content (AvgIpc) is 2.86. The zero-order chi connectivity index (χ0) is 28.7. The monoisotopic (exact) mass is 530 g/mol. The van der Waals surface area contributed by atoms with Gasteiger partial charge in [0.2, 0.25) is 0 Å². The molecule has 3 rings (SSSR count). The number of hydrogen-bond acceptors (Lipinski definition) is 5. The number of nitrogens with zero attached hydrogens (tertiary/aromatic N) is 1. The van der Waals surface area contributed by atoms with Gasteiger partial charge in [-0.1, -0.05) is 61.9 Å². The van der Waals surface area contributed by atoms with Crippen LogP contribution >= 0.6 is 0 Å². The van der Waals surface area contributed by atoms with Crippen molar-refractivity contribution in [3.05, 3.63) is 87.7 Å². The van der Waals surface area contributed by atoms with E-state index in [0.717, 1.165) is 45.6 Å². The third-order valence-electron chi connectivity index (χ3n) is 6.51. The Labute approximate surface area is 233 Å². The molecule has 2 aromatic carbocycles. The van der Waals surface area contributed by atoms with Gasteiger partial charge in [0, 0.05) is 23.5 Å². The SMILES string of the molecule is COC(=O)c1ccccc1CCc1c(C)nc(CC(C)C)c(CNC(=O)OC(C)(C)C)c1-c1ccc(C)cc1. The lowest BCUT2D eigenvalue weighted by atomic mass is 9.87. The van der Waals surface area contributed by atoms with Gasteiger partial charge in [-0.2, -0.15) is 0 Å². The minimum Gasteiger partial charge on any atom is -0.465 e. The molecule has 0 saturated carbocycles. The molecule has 1 amide bonds. The van der Waals surface area contributed by atoms with Crippen molar-refractivity contribution < 1.29 is 19.1 Å². The van der Waals surface area contributed by atoms with Gasteiger partial charge in [0.15, 0.2) is 0 Å². The Morgan fingerprint density at radius 2 is 1.62 bits per heavy atom. The van der Waals surface area contributed by atoms with Gasteiger partial charge in [-0.15, -0.1) is 0 Å². The minimum atomic E-state index is -0.589. The molecule has 0 unspecified atom stereocenters. The van der Waals surface area contributed by atoms with Crippen LogP contribution in [0.2, 0.25) is 0 Å². The van der Waals surface area contributed by atoms with Gasteiger partial charge < -0.3 is 14.8 Å². The molecule has 39 heavy (non-hydrogen) atoms. The van der Waals surface area contributed by atoms with Crippen LogP contribution in [0, 0.1) is 19.8 Å². The zero-order valence-corrected chi connectivity index (χ0v) is 24.6. The molecule has 208 valence electrons. The first-order valence-corrected chi connectivity index (χ1v) is 13.6. The quantitative estimate of drug-likeness (QED) is 0.297. The second-order valence-corrected chi connectivity index (χ2v) is 11.4. The molecule has 0 aliphatic heterocycles. The van der Waals surface area contributed by atoms with Crippen molar-refractivity contribution in [3.8, 4) is 11.1 Å². The first-order valence-electron chi connectivity index (χ1n) is 13.6. The second kappa shape index (κ2) is 12.9. The van der Waals surface area contributed by atoms with Crippen molar-refractivity contribution in [1.82, 2.24) is 10.3 Å². The largest absolute Gasteiger partial charge is 0.465 e. The van der Waals surface area contributed by atoms with Crippen LogP contribution in [0.3, 0.4) is 0 Å². The van der Waals surface area contributed by atoms with Gasteiger partial charge >= 0.3 is 12.1 Å². The van der Waals surface area contributed by atoms with E-state index in [9.17, 15) is 9.59 Å². The molecule has 0 radical (unpaired) electrons. The van der Waals surface area contributed by atoms with Crippen molar-refractivity contribution in [2.45, 2.75) is 79.9 Å². The fraction of sp³-hybridized carbons (Fsp3) is 0.424. The maximum absolute atomic E-state index is 12.7. The lowest BCUT2D eigenvalue weighted by Gasteiger charge is -2.24. The molecular weight excluding hydrogens is 488 g/mol. The molecule has 0 saturated heterocycles. The van der Waals surface area contributed by atoms with Gasteiger partial charge in [-0.25, -0.2) is 9.59 Å². The fourth-order valence-electron chi connectivity index (χ4n) is 4.75. The third kappa shape index (κ3) is 8.16. The summed E-state index contributed by atoms with van der Waals surface area (Å²) in [6, 6.07) is 16.0. The highest BCUT2D eigenvalue weighted by molar-refractivity contribution is 5.91. The summed E-state index contributed by atoms with van der Waals surface area (Å²) in [5.41, 5.74) is 8.29. The first-order chi connectivity index (χ1) is 18.4. The third-order valence-corrected chi connectivity index (χ3v) is 6.51. The molecule has 1 N–H and O–H groups in total. The van der Waals surface area contributed by atoms with Crippen LogP contribution in [-0.2, 0) is 35.3 Å². The number of hydrogen-bond donors (Lipinski definition) is 1. The lowest BCUT2D eigenvalue weighted by molar-refractivity contribution is 0.0522. The Balaban J connectivity index is 2.13. The van der Waals surface area contributed by atoms with E-state index in [1.807, 2.05) is 45.9 Å². The van der Waals surface area contributed by atoms with Crippen LogP contribution < -0.4 is 5.32 Å². The summed E-state index contributed by atoms with van der Waals surface area (Å²) >= 11 is 0. The molecule has 1 aromatic heterocycles. The van der Waals surface area contributed by atoms with Crippen LogP contribution in [-0.4, -0.2) is 29.8 Å². The van der Waals surface area contributed by atoms with E-state index in [4.69, 9.17) is 14.5 Å². The number of aromatic nitrogens is 1. The van der Waals surface area contributed by atoms with E-state index in [-0.39, 0.29) is 5.97 Å². The Kier molecular flexibility index (Phi) is 9.90. The Morgan fingerprint density at radius 3 is 2.23 bits per heavy atom. The van der Waals surface area contributed by atoms with Gasteiger partial charge in [0.25, 0.3) is 0 Å². The zero-order valence-electron chi connectivity index (χ0n) is 24.6. The highest BCUT2D eigenvalue weighted by Crippen LogP contribution is 2.34. The van der Waals surface area contributed by atoms with Gasteiger partial charge in [0.1, 0.15) is 5.60 Å². The van der Waals surface area contributed by atoms with E-state index >= 15 is 0 Å². The van der Waals surface area contributed by atoms with Crippen molar-refractivity contribution in [1.29, 1.82) is 0 Å². The summed E-state index contributed by atoms with van der Waals surface area (Å²) in [6.45, 7) is 14.3. The summed E-state index contributed by atoms with van der Waals surface area (Å²) in [5.74, 6) is 0.0505. The van der Waals surface area contributed by atoms with Crippen LogP contribution in [0.4, 0.5) is 4.79 Å². The Morgan fingerprint density at radius 1 is 0.949 bits per heavy atom. The molecule has 0 atom stereocenters. The average molecular weight is 531 g/mol. The highest BCUT2D eigenvalue weighted by atomic mass is 16.6. The van der Waals surface area contributed by atoms with Gasteiger partial charge in [-0.3, -0.25) is 4.98 Å². The van der Waals surface area contributed by atoms with Crippen LogP contribution in [0.25, 0.3) is 11.1 Å². The molecule has 0 spiro atoms. The van der Waals surface area contributed by atoms with E-state index in [1.54, 1.807) is 6.07 Å². The number of nitrogens with one attached hydrogen (secondary N) is 1. The molecule has 0 bridgehead atoms. The van der Waals surface area contributed by atoms with Gasteiger partial charge in [0.05, 0.1) is 12.7 Å². The number of benzene rings is 2. The normalized spacial score (nSPS) is 11.4. The smallest absolute Gasteiger partial charge is 0.407 e. The van der Waals surface area contributed by atoms with Crippen molar-refractivity contribution in [2.24, 2.45) is 5.92 Å². The van der Waals surface area contributed by atoms with E-state index in [1.165, 1.54) is 12.7 Å². The summed E-state index contributed by atoms with van der Waals surface area (Å²) in [7, 11) is 1.40. The number of ether oxygens (including phenoxy) is 2. The number of esters is 1. The van der Waals surface area contributed by atoms with Crippen LogP contribution in [0.1, 0.15) is 78.6 Å². The van der Waals surface area contributed by atoms with Gasteiger partial charge in [-0.05, 0) is 88.1 Å². The van der Waals surface area contributed by atoms with Crippen LogP contribution in [0.15, 0.2) is 48.5 Å². The predicted octanol–water partition coefficient (Wildman–Crippen LogP) is 7.16. The number of rotatable bonds is 9. The second-order valence-electron chi connectivity index (χ2n) is 11.4. The number of carbonyl (C=O) groups excluding carboxylic acids is 2. The maximum Gasteiger partial charge on any atom is 0.407 e. The fourth-order valence-corrected chi connectivity index (χ4v) is 4.75. The van der Waals surface area contributed by atoms with Crippen molar-refractivity contribution in [2.75, 3.05) is 7.11 Å². The van der Waals surface area contributed by atoms with Crippen molar-refractivity contribution in [3.63, 3.8) is 0 Å². The molecule has 6 nitrogen and oxygen atoms in total. The minimum absolute atomic E-state index is 0.305. The Bertz CT molecular complexity index is 1300. The summed E-state index contributed by atoms with van der Waals surface area (Å²) in [4.78, 5) is 30.1. The first kappa shape index (κ1) is 29.9. The van der Waals surface area contributed by atoms with Crippen molar-refractivity contribution >= 4 is 12.1 Å². The number of methoxy groups -OCH3 is 1. The number of pyridine rings is 1. The molecule has 0 aliphatic carbocycles. The summed E-state index contributed by atoms with van der Waals surface area (Å²) in [6.07, 6.45) is 1.66. The lowest BCUT2D eigenvalue weighted by Crippen LogP contribution is -2.32. The number of alkyl carbamates (subject to hydrolysis) is 1. The number of aryl methyl sites for hydroxylation is 3. The predicted molar refractivity (Wildman–Crippen MR) is 156 cm³/mol. The summed E-state index contributed by atoms with van der Waals surface area (Å²) < 4.78 is 10.5. The molecule has 6 heteroatoms. The topological polar surface area (TPSA) is 77.5 Å². The molecule has 1 heterocycles. The summed E-state index contributed by atoms with van der Waals surface area (Å²) in [5, 5.41) is 2.98. The number of amides is 1. The van der Waals surface area contributed by atoms with Crippen LogP contribution in [0.5, 0.6) is 0 Å². The molecule has 3 aromatic rings. The Hall–Kier alpha value is -3.67. The molecule has 0 fully saturated rings.